The minimum Gasteiger partial charge on any atom is -0.480 e. The lowest BCUT2D eigenvalue weighted by atomic mass is 9.98. The van der Waals surface area contributed by atoms with Crippen LogP contribution in [0.4, 0.5) is 14.4 Å². The van der Waals surface area contributed by atoms with Gasteiger partial charge in [-0.3, -0.25) is 4.99 Å². The molecule has 12 heteroatoms. The number of guanidine groups is 1. The van der Waals surface area contributed by atoms with Gasteiger partial charge in [0.05, 0.1) is 0 Å². The van der Waals surface area contributed by atoms with Crippen molar-refractivity contribution in [1.29, 1.82) is 0 Å². The molecule has 4 N–H and O–H groups in total. The number of nitrogens with one attached hydrogen (secondary N) is 1. The molecule has 232 valence electrons. The van der Waals surface area contributed by atoms with Gasteiger partial charge in [-0.1, -0.05) is 48.5 Å². The molecule has 1 aliphatic carbocycles. The largest absolute Gasteiger partial charge is 0.480 e. The molecule has 0 aromatic heterocycles. The standard InChI is InChI=1S/C31H40N4O8/c1-30(2,3)42-28(39)35(29(40)43-31(4,5)6)26(32)33-17-11-16-24(25(36)37)34-27(38)41-18-23-21-14-9-7-12-19(21)20-13-8-10-15-22(20)23/h7-10,12-15,23-24H,11,16-18H2,1-6H3,(H2,32,33)(H,34,38)(H,36,37)/t24-/m0/s1. The van der Waals surface area contributed by atoms with Gasteiger partial charge in [0.25, 0.3) is 0 Å². The van der Waals surface area contributed by atoms with Crippen LogP contribution >= 0.6 is 0 Å². The molecule has 3 amide bonds. The molecule has 0 saturated heterocycles. The Labute approximate surface area is 251 Å². The van der Waals surface area contributed by atoms with Crippen LogP contribution in [0.3, 0.4) is 0 Å². The molecule has 43 heavy (non-hydrogen) atoms. The molecule has 2 aromatic rings. The highest BCUT2D eigenvalue weighted by atomic mass is 16.6. The maximum absolute atomic E-state index is 12.7. The second-order valence-electron chi connectivity index (χ2n) is 12.0. The van der Waals surface area contributed by atoms with Crippen molar-refractivity contribution in [2.75, 3.05) is 13.2 Å². The number of carboxylic acid groups (broad SMARTS) is 1. The molecule has 0 heterocycles. The number of carboxylic acids is 1. The summed E-state index contributed by atoms with van der Waals surface area (Å²) in [6.45, 7) is 9.75. The number of fused-ring (bicyclic) bond motifs is 3. The first kappa shape index (κ1) is 32.9. The highest BCUT2D eigenvalue weighted by molar-refractivity contribution is 6.07. The van der Waals surface area contributed by atoms with Gasteiger partial charge in [0.1, 0.15) is 23.9 Å². The highest BCUT2D eigenvalue weighted by Gasteiger charge is 2.34. The maximum Gasteiger partial charge on any atom is 0.427 e. The van der Waals surface area contributed by atoms with E-state index in [0.29, 0.717) is 4.90 Å². The molecule has 0 bridgehead atoms. The van der Waals surface area contributed by atoms with Gasteiger partial charge in [0, 0.05) is 12.5 Å². The van der Waals surface area contributed by atoms with Crippen LogP contribution in [-0.2, 0) is 19.0 Å². The Kier molecular flexibility index (Phi) is 10.4. The molecule has 2 aromatic carbocycles. The predicted molar refractivity (Wildman–Crippen MR) is 160 cm³/mol. The number of nitrogens with zero attached hydrogens (tertiary/aromatic N) is 2. The van der Waals surface area contributed by atoms with Crippen LogP contribution in [-0.4, -0.2) is 70.6 Å². The van der Waals surface area contributed by atoms with Crippen molar-refractivity contribution in [2.24, 2.45) is 10.7 Å². The SMILES string of the molecule is CC(C)(C)OC(=O)N(C(=O)OC(C)(C)C)C(N)=NCCC[C@H](NC(=O)OCC1c2ccccc2-c2ccccc21)C(=O)O. The Morgan fingerprint density at radius 1 is 0.907 bits per heavy atom. The molecule has 0 radical (unpaired) electrons. The van der Waals surface area contributed by atoms with Crippen LogP contribution in [0.15, 0.2) is 53.5 Å². The fourth-order valence-corrected chi connectivity index (χ4v) is 4.48. The van der Waals surface area contributed by atoms with Crippen molar-refractivity contribution in [1.82, 2.24) is 10.2 Å². The molecular formula is C31H40N4O8. The summed E-state index contributed by atoms with van der Waals surface area (Å²) in [5, 5.41) is 12.0. The van der Waals surface area contributed by atoms with E-state index < -0.39 is 47.5 Å². The number of amides is 3. The smallest absolute Gasteiger partial charge is 0.427 e. The average Bonchev–Trinajstić information content (AvgIpc) is 3.20. The molecule has 3 rings (SSSR count). The Bertz CT molecular complexity index is 1300. The van der Waals surface area contributed by atoms with Crippen molar-refractivity contribution < 1.29 is 38.5 Å². The van der Waals surface area contributed by atoms with Crippen molar-refractivity contribution in [3.63, 3.8) is 0 Å². The molecule has 1 atom stereocenters. The summed E-state index contributed by atoms with van der Waals surface area (Å²) in [5.41, 5.74) is 8.33. The van der Waals surface area contributed by atoms with E-state index in [4.69, 9.17) is 19.9 Å². The Morgan fingerprint density at radius 2 is 1.40 bits per heavy atom. The summed E-state index contributed by atoms with van der Waals surface area (Å²) in [5.74, 6) is -1.90. The Balaban J connectivity index is 1.58. The fraction of sp³-hybridized carbons (Fsp3) is 0.452. The topological polar surface area (TPSA) is 170 Å². The van der Waals surface area contributed by atoms with E-state index in [1.54, 1.807) is 41.5 Å². The molecule has 0 unspecified atom stereocenters. The van der Waals surface area contributed by atoms with Crippen molar-refractivity contribution in [2.45, 2.75) is 77.5 Å². The zero-order chi connectivity index (χ0) is 31.9. The number of ether oxygens (including phenoxy) is 3. The Morgan fingerprint density at radius 3 is 1.86 bits per heavy atom. The minimum atomic E-state index is -1.26. The number of carbonyl (C=O) groups excluding carboxylic acids is 3. The third kappa shape index (κ3) is 9.19. The van der Waals surface area contributed by atoms with Gasteiger partial charge in [-0.25, -0.2) is 19.2 Å². The first-order valence-corrected chi connectivity index (χ1v) is 14.0. The quantitative estimate of drug-likeness (QED) is 0.159. The number of hydrogen-bond donors (Lipinski definition) is 3. The number of imide groups is 1. The summed E-state index contributed by atoms with van der Waals surface area (Å²) >= 11 is 0. The minimum absolute atomic E-state index is 0.0187. The number of rotatable bonds is 8. The van der Waals surface area contributed by atoms with Crippen LogP contribution in [0, 0.1) is 0 Å². The third-order valence-electron chi connectivity index (χ3n) is 6.24. The lowest BCUT2D eigenvalue weighted by Gasteiger charge is -2.27. The summed E-state index contributed by atoms with van der Waals surface area (Å²) in [4.78, 5) is 54.3. The lowest BCUT2D eigenvalue weighted by molar-refractivity contribution is -0.139. The molecule has 0 aliphatic heterocycles. The van der Waals surface area contributed by atoms with Crippen molar-refractivity contribution in [3.05, 3.63) is 59.7 Å². The highest BCUT2D eigenvalue weighted by Crippen LogP contribution is 2.44. The molecule has 0 spiro atoms. The third-order valence-corrected chi connectivity index (χ3v) is 6.24. The van der Waals surface area contributed by atoms with Crippen LogP contribution < -0.4 is 11.1 Å². The van der Waals surface area contributed by atoms with Crippen molar-refractivity contribution >= 4 is 30.2 Å². The summed E-state index contributed by atoms with van der Waals surface area (Å²) < 4.78 is 16.0. The lowest BCUT2D eigenvalue weighted by Crippen LogP contribution is -2.50. The van der Waals surface area contributed by atoms with Crippen molar-refractivity contribution in [3.8, 4) is 11.1 Å². The Hall–Kier alpha value is -4.61. The van der Waals surface area contributed by atoms with Gasteiger partial charge >= 0.3 is 24.2 Å². The predicted octanol–water partition coefficient (Wildman–Crippen LogP) is 5.25. The second kappa shape index (κ2) is 13.6. The van der Waals surface area contributed by atoms with Gasteiger partial charge in [0.2, 0.25) is 5.96 Å². The summed E-state index contributed by atoms with van der Waals surface area (Å²) in [6, 6.07) is 14.5. The monoisotopic (exact) mass is 596 g/mol. The van der Waals surface area contributed by atoms with Crippen LogP contribution in [0.2, 0.25) is 0 Å². The first-order chi connectivity index (χ1) is 20.1. The number of aliphatic imine (C=N–C) groups is 1. The number of carbonyl (C=O) groups is 4. The van der Waals surface area contributed by atoms with Gasteiger partial charge in [-0.2, -0.15) is 0 Å². The van der Waals surface area contributed by atoms with Crippen LogP contribution in [0.1, 0.15) is 71.4 Å². The molecule has 0 saturated carbocycles. The zero-order valence-corrected chi connectivity index (χ0v) is 25.4. The van der Waals surface area contributed by atoms with Gasteiger partial charge in [-0.15, -0.1) is 4.90 Å². The van der Waals surface area contributed by atoms with Gasteiger partial charge < -0.3 is 30.4 Å². The molecular weight excluding hydrogens is 556 g/mol. The first-order valence-electron chi connectivity index (χ1n) is 14.0. The zero-order valence-electron chi connectivity index (χ0n) is 25.4. The normalized spacial score (nSPS) is 13.8. The second-order valence-corrected chi connectivity index (χ2v) is 12.0. The van der Waals surface area contributed by atoms with Gasteiger partial charge in [-0.05, 0) is 76.6 Å². The average molecular weight is 597 g/mol. The number of alkyl carbamates (subject to hydrolysis) is 1. The van der Waals surface area contributed by atoms with E-state index in [2.05, 4.69) is 10.3 Å². The number of nitrogens with two attached hydrogens (primary N) is 1. The molecule has 0 fully saturated rings. The van der Waals surface area contributed by atoms with E-state index in [1.165, 1.54) is 0 Å². The van der Waals surface area contributed by atoms with E-state index >= 15 is 0 Å². The van der Waals surface area contributed by atoms with Crippen LogP contribution in [0.5, 0.6) is 0 Å². The molecule has 1 aliphatic rings. The van der Waals surface area contributed by atoms with Gasteiger partial charge in [0.15, 0.2) is 0 Å². The summed E-state index contributed by atoms with van der Waals surface area (Å²) in [7, 11) is 0. The van der Waals surface area contributed by atoms with E-state index in [9.17, 15) is 24.3 Å². The van der Waals surface area contributed by atoms with E-state index in [1.807, 2.05) is 48.5 Å². The summed E-state index contributed by atoms with van der Waals surface area (Å²) in [6.07, 6.45) is -2.86. The number of hydrogen-bond acceptors (Lipinski definition) is 8. The fourth-order valence-electron chi connectivity index (χ4n) is 4.48. The number of benzene rings is 2. The van der Waals surface area contributed by atoms with Crippen LogP contribution in [0.25, 0.3) is 11.1 Å². The molecule has 12 nitrogen and oxygen atoms in total. The maximum atomic E-state index is 12.7. The van der Waals surface area contributed by atoms with E-state index in [0.717, 1.165) is 22.3 Å². The van der Waals surface area contributed by atoms with E-state index in [-0.39, 0.29) is 31.9 Å². The number of aliphatic carboxylic acids is 1.